The van der Waals surface area contributed by atoms with Crippen LogP contribution >= 0.6 is 15.9 Å². The Morgan fingerprint density at radius 3 is 1.54 bits per heavy atom. The molecule has 2 heterocycles. The first kappa shape index (κ1) is 34.9. The predicted octanol–water partition coefficient (Wildman–Crippen LogP) is 3.33. The summed E-state index contributed by atoms with van der Waals surface area (Å²) in [5.74, 6) is -1.82. The number of carbonyl (C=O) groups is 4. The number of carbonyl (C=O) groups excluding carboxylic acids is 2. The van der Waals surface area contributed by atoms with Crippen LogP contribution in [0.3, 0.4) is 0 Å². The first-order valence-corrected chi connectivity index (χ1v) is 13.0. The molecule has 2 aliphatic rings. The van der Waals surface area contributed by atoms with Crippen LogP contribution in [0.2, 0.25) is 0 Å². The molecule has 2 amide bonds. The van der Waals surface area contributed by atoms with E-state index in [0.29, 0.717) is 39.0 Å². The van der Waals surface area contributed by atoms with Crippen LogP contribution in [-0.2, 0) is 23.8 Å². The minimum atomic E-state index is -0.995. The Hall–Kier alpha value is -2.12. The van der Waals surface area contributed by atoms with Crippen LogP contribution in [0.1, 0.15) is 68.2 Å². The molecule has 0 aromatic carbocycles. The van der Waals surface area contributed by atoms with E-state index in [2.05, 4.69) is 15.9 Å². The van der Waals surface area contributed by atoms with Crippen molar-refractivity contribution in [2.24, 2.45) is 0 Å². The highest BCUT2D eigenvalue weighted by molar-refractivity contribution is 9.10. The van der Waals surface area contributed by atoms with Gasteiger partial charge in [0, 0.05) is 19.6 Å². The molecule has 12 nitrogen and oxygen atoms in total. The number of aliphatic hydroxyl groups is 1. The average molecular weight is 600 g/mol. The fourth-order valence-electron chi connectivity index (χ4n) is 2.91. The van der Waals surface area contributed by atoms with E-state index in [-0.39, 0.29) is 24.4 Å². The van der Waals surface area contributed by atoms with E-state index in [9.17, 15) is 24.3 Å². The van der Waals surface area contributed by atoms with Crippen molar-refractivity contribution in [3.8, 4) is 0 Å². The summed E-state index contributed by atoms with van der Waals surface area (Å²) in [5.41, 5.74) is -0.977. The molecule has 0 bridgehead atoms. The molecular weight excluding hydrogens is 556 g/mol. The lowest BCUT2D eigenvalue weighted by atomic mass is 10.2. The zero-order valence-corrected chi connectivity index (χ0v) is 24.6. The van der Waals surface area contributed by atoms with Crippen LogP contribution in [0, 0.1) is 0 Å². The van der Waals surface area contributed by atoms with Crippen LogP contribution in [0.25, 0.3) is 0 Å². The number of halogens is 1. The summed E-state index contributed by atoms with van der Waals surface area (Å²) in [5, 5.41) is 25.9. The molecule has 2 aliphatic heterocycles. The van der Waals surface area contributed by atoms with E-state index in [4.69, 9.17) is 24.4 Å². The van der Waals surface area contributed by atoms with Gasteiger partial charge in [-0.2, -0.15) is 0 Å². The highest BCUT2D eigenvalue weighted by Gasteiger charge is 2.32. The smallest absolute Gasteiger partial charge is 0.410 e. The third-order valence-corrected chi connectivity index (χ3v) is 5.09. The molecule has 0 aromatic heterocycles. The fraction of sp³-hybridized carbons (Fsp3) is 0.833. The second-order valence-corrected chi connectivity index (χ2v) is 12.2. The largest absolute Gasteiger partial charge is 0.480 e. The third kappa shape index (κ3) is 16.4. The minimum absolute atomic E-state index is 0.233. The van der Waals surface area contributed by atoms with E-state index in [0.717, 1.165) is 0 Å². The Morgan fingerprint density at radius 2 is 1.22 bits per heavy atom. The molecule has 0 radical (unpaired) electrons. The molecule has 216 valence electrons. The number of alkyl halides is 1. The molecule has 0 aliphatic carbocycles. The lowest BCUT2D eigenvalue weighted by Crippen LogP contribution is -2.36. The quantitative estimate of drug-likeness (QED) is 0.409. The molecule has 13 heteroatoms. The van der Waals surface area contributed by atoms with Gasteiger partial charge in [-0.05, 0) is 68.2 Å². The molecule has 0 spiro atoms. The first-order valence-electron chi connectivity index (χ1n) is 12.1. The zero-order chi connectivity index (χ0) is 29.1. The molecule has 0 aromatic rings. The molecule has 3 N–H and O–H groups in total. The van der Waals surface area contributed by atoms with E-state index in [1.165, 1.54) is 11.8 Å². The van der Waals surface area contributed by atoms with Crippen molar-refractivity contribution < 1.29 is 48.7 Å². The number of amides is 2. The zero-order valence-electron chi connectivity index (χ0n) is 23.0. The summed E-state index contributed by atoms with van der Waals surface area (Å²) in [7, 11) is 0. The van der Waals surface area contributed by atoms with Crippen molar-refractivity contribution in [3.05, 3.63) is 0 Å². The monoisotopic (exact) mass is 598 g/mol. The van der Waals surface area contributed by atoms with Crippen LogP contribution in [-0.4, -0.2) is 110 Å². The average Bonchev–Trinajstić information content (AvgIpc) is 3.35. The number of nitrogens with zero attached hydrogens (tertiary/aromatic N) is 2. The molecule has 2 fully saturated rings. The lowest BCUT2D eigenvalue weighted by molar-refractivity contribution is -0.152. The van der Waals surface area contributed by atoms with Crippen molar-refractivity contribution in [1.29, 1.82) is 0 Å². The fourth-order valence-corrected chi connectivity index (χ4v) is 2.91. The van der Waals surface area contributed by atoms with Gasteiger partial charge in [0.1, 0.15) is 16.0 Å². The summed E-state index contributed by atoms with van der Waals surface area (Å²) in [6, 6.07) is 0. The molecule has 37 heavy (non-hydrogen) atoms. The summed E-state index contributed by atoms with van der Waals surface area (Å²) in [6.07, 6.45) is -0.888. The van der Waals surface area contributed by atoms with Gasteiger partial charge in [0.25, 0.3) is 0 Å². The number of rotatable bonds is 4. The minimum Gasteiger partial charge on any atom is -0.480 e. The predicted molar refractivity (Wildman–Crippen MR) is 139 cm³/mol. The van der Waals surface area contributed by atoms with Crippen molar-refractivity contribution in [3.63, 3.8) is 0 Å². The molecule has 0 saturated carbocycles. The Balaban J connectivity index is 0.000000594. The Kier molecular flexibility index (Phi) is 14.5. The topological polar surface area (TPSA) is 163 Å². The number of likely N-dealkylation sites (tertiary alicyclic amines) is 2. The summed E-state index contributed by atoms with van der Waals surface area (Å²) in [6.45, 7) is 15.9. The van der Waals surface area contributed by atoms with Crippen LogP contribution in [0.4, 0.5) is 9.59 Å². The Labute approximate surface area is 227 Å². The number of aliphatic carboxylic acids is 2. The van der Waals surface area contributed by atoms with E-state index in [1.807, 2.05) is 41.5 Å². The SMILES string of the molecule is CC(C)(C)OC(=O)N1CC[C@@H](O)C1.C[C@@H](Br)C(=O)O.C[C@H](O[C@@H]1CCN(C(=O)OC(C)(C)C)C1)C(=O)O. The third-order valence-electron chi connectivity index (χ3n) is 4.70. The molecule has 2 saturated heterocycles. The number of carboxylic acid groups (broad SMARTS) is 2. The van der Waals surface area contributed by atoms with Gasteiger partial charge < -0.3 is 39.3 Å². The number of ether oxygens (including phenoxy) is 3. The number of hydrogen-bond acceptors (Lipinski definition) is 8. The van der Waals surface area contributed by atoms with Gasteiger partial charge in [-0.1, -0.05) is 15.9 Å². The molecule has 0 unspecified atom stereocenters. The summed E-state index contributed by atoms with van der Waals surface area (Å²) < 4.78 is 15.7. The van der Waals surface area contributed by atoms with Crippen LogP contribution in [0.5, 0.6) is 0 Å². The van der Waals surface area contributed by atoms with Gasteiger partial charge in [0.05, 0.1) is 18.8 Å². The maximum Gasteiger partial charge on any atom is 0.410 e. The highest BCUT2D eigenvalue weighted by Crippen LogP contribution is 2.18. The van der Waals surface area contributed by atoms with Gasteiger partial charge in [0.15, 0.2) is 6.10 Å². The van der Waals surface area contributed by atoms with E-state index >= 15 is 0 Å². The van der Waals surface area contributed by atoms with Crippen LogP contribution in [0.15, 0.2) is 0 Å². The van der Waals surface area contributed by atoms with Gasteiger partial charge in [0.2, 0.25) is 0 Å². The first-order chi connectivity index (χ1) is 16.7. The van der Waals surface area contributed by atoms with Crippen molar-refractivity contribution in [2.45, 2.75) is 103 Å². The number of aliphatic hydroxyl groups excluding tert-OH is 1. The van der Waals surface area contributed by atoms with Gasteiger partial charge in [-0.25, -0.2) is 14.4 Å². The highest BCUT2D eigenvalue weighted by atomic mass is 79.9. The maximum atomic E-state index is 11.8. The number of hydrogen-bond donors (Lipinski definition) is 3. The van der Waals surface area contributed by atoms with Crippen molar-refractivity contribution in [1.82, 2.24) is 9.80 Å². The molecule has 2 rings (SSSR count). The number of carboxylic acids is 2. The lowest BCUT2D eigenvalue weighted by Gasteiger charge is -2.24. The standard InChI is InChI=1S/C12H21NO5.C9H17NO3.C3H5BrO2/c1-8(10(14)15)17-9-5-6-13(7-9)11(16)18-12(2,3)4;1-9(2,3)13-8(12)10-5-4-7(11)6-10;1-2(4)3(5)6/h8-9H,5-7H2,1-4H3,(H,14,15);7,11H,4-6H2,1-3H3;2H,1H3,(H,5,6)/t8-,9+;7-;2-/m011/s1. The van der Waals surface area contributed by atoms with Gasteiger partial charge in [-0.3, -0.25) is 4.79 Å². The Bertz CT molecular complexity index is 764. The van der Waals surface area contributed by atoms with Gasteiger partial charge >= 0.3 is 24.1 Å². The summed E-state index contributed by atoms with van der Waals surface area (Å²) >= 11 is 2.84. The molecule has 4 atom stereocenters. The van der Waals surface area contributed by atoms with Crippen molar-refractivity contribution >= 4 is 40.1 Å². The maximum absolute atomic E-state index is 11.8. The normalized spacial score (nSPS) is 21.0. The van der Waals surface area contributed by atoms with E-state index < -0.39 is 34.1 Å². The number of β-amino-alcohol motifs (C(OH)–C–C–N with tert-alkyl or cyclic N) is 1. The van der Waals surface area contributed by atoms with Crippen LogP contribution < -0.4 is 0 Å². The van der Waals surface area contributed by atoms with E-state index in [1.54, 1.807) is 11.8 Å². The molecular formula is C24H43BrN2O10. The summed E-state index contributed by atoms with van der Waals surface area (Å²) in [4.78, 5) is 46.1. The van der Waals surface area contributed by atoms with Gasteiger partial charge in [-0.15, -0.1) is 0 Å². The van der Waals surface area contributed by atoms with Crippen molar-refractivity contribution in [2.75, 3.05) is 26.2 Å². The Morgan fingerprint density at radius 1 is 0.811 bits per heavy atom. The second-order valence-electron chi connectivity index (χ2n) is 10.8. The second kappa shape index (κ2) is 15.3.